The molecule has 5 nitrogen and oxygen atoms in total. The first-order valence-electron chi connectivity index (χ1n) is 10.3. The average molecular weight is 439 g/mol. The van der Waals surface area contributed by atoms with Gasteiger partial charge in [-0.2, -0.15) is 0 Å². The summed E-state index contributed by atoms with van der Waals surface area (Å²) in [4.78, 5) is 16.8. The van der Waals surface area contributed by atoms with Crippen LogP contribution in [0.2, 0.25) is 5.02 Å². The van der Waals surface area contributed by atoms with Gasteiger partial charge in [-0.05, 0) is 60.8 Å². The van der Waals surface area contributed by atoms with Crippen molar-refractivity contribution >= 4 is 29.0 Å². The SMILES string of the molecule is O=C(Nc1cc(-c2cccc(NCc3cccc(F)c3)c2)c(Cl)cn1)[C@H]1CCCNC1. The van der Waals surface area contributed by atoms with Gasteiger partial charge in [0.05, 0.1) is 10.9 Å². The Morgan fingerprint density at radius 1 is 1.19 bits per heavy atom. The molecule has 31 heavy (non-hydrogen) atoms. The highest BCUT2D eigenvalue weighted by atomic mass is 35.5. The normalized spacial score (nSPS) is 16.0. The van der Waals surface area contributed by atoms with Gasteiger partial charge < -0.3 is 16.0 Å². The standard InChI is InChI=1S/C24H24ClFN4O/c25-22-15-29-23(30-24(31)18-6-3-9-27-14-18)12-21(22)17-5-2-8-20(11-17)28-13-16-4-1-7-19(26)10-16/h1-2,4-5,7-8,10-12,15,18,27-28H,3,6,9,13-14H2,(H,29,30,31)/t18-/m0/s1. The first kappa shape index (κ1) is 21.3. The first-order chi connectivity index (χ1) is 15.1. The number of piperidine rings is 1. The molecule has 3 aromatic rings. The van der Waals surface area contributed by atoms with E-state index in [9.17, 15) is 9.18 Å². The van der Waals surface area contributed by atoms with Crippen molar-refractivity contribution in [2.75, 3.05) is 23.7 Å². The molecule has 1 aromatic heterocycles. The van der Waals surface area contributed by atoms with Crippen LogP contribution in [-0.2, 0) is 11.3 Å². The van der Waals surface area contributed by atoms with Crippen molar-refractivity contribution in [1.82, 2.24) is 10.3 Å². The van der Waals surface area contributed by atoms with E-state index in [1.54, 1.807) is 18.3 Å². The van der Waals surface area contributed by atoms with Gasteiger partial charge in [-0.3, -0.25) is 4.79 Å². The van der Waals surface area contributed by atoms with E-state index in [0.717, 1.165) is 41.8 Å². The minimum Gasteiger partial charge on any atom is -0.381 e. The molecule has 0 unspecified atom stereocenters. The predicted octanol–water partition coefficient (Wildman–Crippen LogP) is 5.09. The van der Waals surface area contributed by atoms with Gasteiger partial charge in [0.15, 0.2) is 0 Å². The van der Waals surface area contributed by atoms with Crippen molar-refractivity contribution in [1.29, 1.82) is 0 Å². The lowest BCUT2D eigenvalue weighted by atomic mass is 9.99. The van der Waals surface area contributed by atoms with Crippen LogP contribution in [0.5, 0.6) is 0 Å². The Kier molecular flexibility index (Phi) is 6.79. The number of benzene rings is 2. The molecule has 160 valence electrons. The molecule has 0 bridgehead atoms. The number of halogens is 2. The van der Waals surface area contributed by atoms with Crippen LogP contribution in [0.3, 0.4) is 0 Å². The fourth-order valence-electron chi connectivity index (χ4n) is 3.68. The number of carbonyl (C=O) groups is 1. The minimum atomic E-state index is -0.254. The van der Waals surface area contributed by atoms with Crippen LogP contribution in [0.15, 0.2) is 60.8 Å². The molecule has 7 heteroatoms. The lowest BCUT2D eigenvalue weighted by Gasteiger charge is -2.21. The second kappa shape index (κ2) is 9.90. The van der Waals surface area contributed by atoms with Gasteiger partial charge in [0.25, 0.3) is 0 Å². The number of nitrogens with one attached hydrogen (secondary N) is 3. The summed E-state index contributed by atoms with van der Waals surface area (Å²) >= 11 is 6.41. The van der Waals surface area contributed by atoms with Gasteiger partial charge >= 0.3 is 0 Å². The number of anilines is 2. The summed E-state index contributed by atoms with van der Waals surface area (Å²) in [6, 6.07) is 16.1. The molecular weight excluding hydrogens is 415 g/mol. The Morgan fingerprint density at radius 3 is 2.87 bits per heavy atom. The van der Waals surface area contributed by atoms with E-state index in [2.05, 4.69) is 20.9 Å². The van der Waals surface area contributed by atoms with Crippen LogP contribution in [0, 0.1) is 11.7 Å². The Morgan fingerprint density at radius 2 is 2.06 bits per heavy atom. The first-order valence-corrected chi connectivity index (χ1v) is 10.7. The highest BCUT2D eigenvalue weighted by Gasteiger charge is 2.21. The lowest BCUT2D eigenvalue weighted by molar-refractivity contribution is -0.120. The highest BCUT2D eigenvalue weighted by molar-refractivity contribution is 6.33. The molecule has 1 aliphatic heterocycles. The second-order valence-corrected chi connectivity index (χ2v) is 8.05. The maximum Gasteiger partial charge on any atom is 0.229 e. The third-order valence-electron chi connectivity index (χ3n) is 5.33. The third kappa shape index (κ3) is 5.60. The third-order valence-corrected chi connectivity index (χ3v) is 5.63. The molecule has 1 saturated heterocycles. The smallest absolute Gasteiger partial charge is 0.229 e. The number of hydrogen-bond donors (Lipinski definition) is 3. The Hall–Kier alpha value is -2.96. The molecule has 0 saturated carbocycles. The summed E-state index contributed by atoms with van der Waals surface area (Å²) in [6.45, 7) is 2.14. The lowest BCUT2D eigenvalue weighted by Crippen LogP contribution is -2.37. The molecule has 3 N–H and O–H groups in total. The number of rotatable bonds is 6. The van der Waals surface area contributed by atoms with Crippen LogP contribution in [0.4, 0.5) is 15.9 Å². The van der Waals surface area contributed by atoms with E-state index >= 15 is 0 Å². The van der Waals surface area contributed by atoms with Crippen LogP contribution >= 0.6 is 11.6 Å². The average Bonchev–Trinajstić information content (AvgIpc) is 2.80. The Bertz CT molecular complexity index is 1070. The van der Waals surface area contributed by atoms with Crippen LogP contribution in [0.25, 0.3) is 11.1 Å². The number of carbonyl (C=O) groups excluding carboxylic acids is 1. The van der Waals surface area contributed by atoms with Gasteiger partial charge in [-0.1, -0.05) is 35.9 Å². The number of aromatic nitrogens is 1. The van der Waals surface area contributed by atoms with Gasteiger partial charge in [-0.15, -0.1) is 0 Å². The zero-order chi connectivity index (χ0) is 21.6. The maximum absolute atomic E-state index is 13.4. The van der Waals surface area contributed by atoms with Crippen molar-refractivity contribution in [3.63, 3.8) is 0 Å². The van der Waals surface area contributed by atoms with E-state index in [1.165, 1.54) is 12.1 Å². The molecule has 0 radical (unpaired) electrons. The topological polar surface area (TPSA) is 66.0 Å². The van der Waals surface area contributed by atoms with E-state index in [-0.39, 0.29) is 17.6 Å². The van der Waals surface area contributed by atoms with Crippen molar-refractivity contribution in [2.24, 2.45) is 5.92 Å². The number of amides is 1. The summed E-state index contributed by atoms with van der Waals surface area (Å²) < 4.78 is 13.4. The van der Waals surface area contributed by atoms with E-state index in [1.807, 2.05) is 30.3 Å². The monoisotopic (exact) mass is 438 g/mol. The quantitative estimate of drug-likeness (QED) is 0.501. The van der Waals surface area contributed by atoms with Crippen molar-refractivity contribution in [3.8, 4) is 11.1 Å². The number of nitrogens with zero attached hydrogens (tertiary/aromatic N) is 1. The van der Waals surface area contributed by atoms with E-state index in [0.29, 0.717) is 23.9 Å². The molecule has 0 spiro atoms. The predicted molar refractivity (Wildman–Crippen MR) is 123 cm³/mol. The molecular formula is C24H24ClFN4O. The Labute approximate surface area is 186 Å². The highest BCUT2D eigenvalue weighted by Crippen LogP contribution is 2.31. The summed E-state index contributed by atoms with van der Waals surface area (Å²) in [7, 11) is 0. The summed E-state index contributed by atoms with van der Waals surface area (Å²) in [5.41, 5.74) is 3.41. The Balaban J connectivity index is 1.48. The molecule has 2 heterocycles. The molecule has 1 amide bonds. The summed E-state index contributed by atoms with van der Waals surface area (Å²) in [5.74, 6) is 0.145. The van der Waals surface area contributed by atoms with Crippen LogP contribution in [0.1, 0.15) is 18.4 Å². The van der Waals surface area contributed by atoms with Crippen molar-refractivity contribution in [2.45, 2.75) is 19.4 Å². The van der Waals surface area contributed by atoms with Crippen LogP contribution < -0.4 is 16.0 Å². The molecule has 1 fully saturated rings. The van der Waals surface area contributed by atoms with E-state index < -0.39 is 0 Å². The largest absolute Gasteiger partial charge is 0.381 e. The molecule has 4 rings (SSSR count). The summed E-state index contributed by atoms with van der Waals surface area (Å²) in [5, 5.41) is 9.97. The fourth-order valence-corrected chi connectivity index (χ4v) is 3.89. The summed E-state index contributed by atoms with van der Waals surface area (Å²) in [6.07, 6.45) is 3.42. The number of pyridine rings is 1. The molecule has 1 aliphatic rings. The zero-order valence-corrected chi connectivity index (χ0v) is 17.8. The van der Waals surface area contributed by atoms with Gasteiger partial charge in [-0.25, -0.2) is 9.37 Å². The second-order valence-electron chi connectivity index (χ2n) is 7.65. The molecule has 0 aliphatic carbocycles. The van der Waals surface area contributed by atoms with Crippen LogP contribution in [-0.4, -0.2) is 24.0 Å². The van der Waals surface area contributed by atoms with Crippen molar-refractivity contribution in [3.05, 3.63) is 77.2 Å². The fraction of sp³-hybridized carbons (Fsp3) is 0.250. The van der Waals surface area contributed by atoms with E-state index in [4.69, 9.17) is 11.6 Å². The zero-order valence-electron chi connectivity index (χ0n) is 17.0. The van der Waals surface area contributed by atoms with Crippen molar-refractivity contribution < 1.29 is 9.18 Å². The minimum absolute atomic E-state index is 0.0292. The molecule has 2 aromatic carbocycles. The molecule has 1 atom stereocenters. The van der Waals surface area contributed by atoms with Gasteiger partial charge in [0.1, 0.15) is 11.6 Å². The maximum atomic E-state index is 13.4. The van der Waals surface area contributed by atoms with Gasteiger partial charge in [0, 0.05) is 30.5 Å². The van der Waals surface area contributed by atoms with Gasteiger partial charge in [0.2, 0.25) is 5.91 Å². The number of hydrogen-bond acceptors (Lipinski definition) is 4.